The monoisotopic (exact) mass is 217 g/mol. The van der Waals surface area contributed by atoms with Gasteiger partial charge >= 0.3 is 6.09 Å². The lowest BCUT2D eigenvalue weighted by Crippen LogP contribution is -2.35. The maximum atomic E-state index is 11.6. The van der Waals surface area contributed by atoms with Gasteiger partial charge in [-0.1, -0.05) is 0 Å². The van der Waals surface area contributed by atoms with Gasteiger partial charge in [0.1, 0.15) is 5.60 Å². The van der Waals surface area contributed by atoms with Crippen LogP contribution in [0.2, 0.25) is 0 Å². The molecule has 0 radical (unpaired) electrons. The highest BCUT2D eigenvalue weighted by Crippen LogP contribution is 2.19. The number of hydrogen-bond acceptors (Lipinski definition) is 3. The molecule has 1 rings (SSSR count). The summed E-state index contributed by atoms with van der Waals surface area (Å²) in [6.07, 6.45) is 0.852. The van der Waals surface area contributed by atoms with E-state index < -0.39 is 5.60 Å². The Bertz CT molecular complexity index is 213. The van der Waals surface area contributed by atoms with E-state index >= 15 is 0 Å². The molecule has 0 N–H and O–H groups in total. The predicted octanol–water partition coefficient (Wildman–Crippen LogP) is 2.17. The molecule has 14 heavy (non-hydrogen) atoms. The lowest BCUT2D eigenvalue weighted by molar-refractivity contribution is 0.0289. The number of carbonyl (C=O) groups excluding carboxylic acids is 1. The van der Waals surface area contributed by atoms with Crippen molar-refractivity contribution in [2.45, 2.75) is 32.8 Å². The second-order valence-corrected chi connectivity index (χ2v) is 5.13. The highest BCUT2D eigenvalue weighted by molar-refractivity contribution is 7.80. The first-order valence-electron chi connectivity index (χ1n) is 5.01. The summed E-state index contributed by atoms with van der Waals surface area (Å²) in [6.45, 7) is 7.25. The van der Waals surface area contributed by atoms with Gasteiger partial charge < -0.3 is 9.64 Å². The zero-order valence-corrected chi connectivity index (χ0v) is 10.0. The van der Waals surface area contributed by atoms with Crippen LogP contribution in [0.25, 0.3) is 0 Å². The van der Waals surface area contributed by atoms with Crippen LogP contribution in [-0.4, -0.2) is 35.4 Å². The van der Waals surface area contributed by atoms with Gasteiger partial charge in [-0.15, -0.1) is 0 Å². The lowest BCUT2D eigenvalue weighted by Gasteiger charge is -2.24. The van der Waals surface area contributed by atoms with Gasteiger partial charge in [-0.3, -0.25) is 0 Å². The molecule has 3 nitrogen and oxygen atoms in total. The van der Waals surface area contributed by atoms with E-state index in [0.717, 1.165) is 25.3 Å². The number of thiol groups is 1. The minimum absolute atomic E-state index is 0.193. The average Bonchev–Trinajstić information content (AvgIpc) is 2.48. The molecule has 1 fully saturated rings. The Morgan fingerprint density at radius 3 is 2.64 bits per heavy atom. The molecule has 4 heteroatoms. The van der Waals surface area contributed by atoms with Crippen LogP contribution in [-0.2, 0) is 4.74 Å². The fourth-order valence-electron chi connectivity index (χ4n) is 1.47. The Kier molecular flexibility index (Phi) is 3.70. The molecular weight excluding hydrogens is 198 g/mol. The van der Waals surface area contributed by atoms with Gasteiger partial charge in [0.2, 0.25) is 0 Å². The van der Waals surface area contributed by atoms with Crippen molar-refractivity contribution < 1.29 is 9.53 Å². The van der Waals surface area contributed by atoms with Crippen molar-refractivity contribution in [3.63, 3.8) is 0 Å². The molecule has 0 aromatic carbocycles. The molecule has 82 valence electrons. The SMILES string of the molecule is CC(C)(C)OC(=O)N1CC[C@@H](CS)C1. The van der Waals surface area contributed by atoms with Gasteiger partial charge in [0.05, 0.1) is 0 Å². The van der Waals surface area contributed by atoms with Crippen LogP contribution in [0, 0.1) is 5.92 Å². The van der Waals surface area contributed by atoms with Crippen LogP contribution < -0.4 is 0 Å². The third-order valence-electron chi connectivity index (χ3n) is 2.20. The molecule has 0 aliphatic carbocycles. The van der Waals surface area contributed by atoms with Crippen molar-refractivity contribution in [1.82, 2.24) is 4.90 Å². The van der Waals surface area contributed by atoms with Crippen molar-refractivity contribution in [3.8, 4) is 0 Å². The number of ether oxygens (including phenoxy) is 1. The summed E-state index contributed by atoms with van der Waals surface area (Å²) >= 11 is 4.23. The van der Waals surface area contributed by atoms with E-state index in [1.54, 1.807) is 4.90 Å². The zero-order valence-electron chi connectivity index (χ0n) is 9.12. The lowest BCUT2D eigenvalue weighted by atomic mass is 10.2. The summed E-state index contributed by atoms with van der Waals surface area (Å²) in [4.78, 5) is 13.4. The molecule has 0 spiro atoms. The second kappa shape index (κ2) is 4.43. The minimum atomic E-state index is -0.393. The number of nitrogens with zero attached hydrogens (tertiary/aromatic N) is 1. The summed E-state index contributed by atoms with van der Waals surface area (Å²) in [7, 11) is 0. The second-order valence-electron chi connectivity index (χ2n) is 4.76. The van der Waals surface area contributed by atoms with E-state index in [2.05, 4.69) is 12.6 Å². The molecule has 1 aliphatic rings. The van der Waals surface area contributed by atoms with Gasteiger partial charge in [0.15, 0.2) is 0 Å². The first kappa shape index (κ1) is 11.7. The molecular formula is C10H19NO2S. The molecule has 1 amide bonds. The first-order chi connectivity index (χ1) is 6.42. The molecule has 0 bridgehead atoms. The molecule has 0 saturated carbocycles. The Labute approximate surface area is 91.2 Å². The van der Waals surface area contributed by atoms with Gasteiger partial charge in [-0.25, -0.2) is 4.79 Å². The number of rotatable bonds is 1. The molecule has 0 aromatic rings. The third-order valence-corrected chi connectivity index (χ3v) is 2.71. The summed E-state index contributed by atoms with van der Waals surface area (Å²) in [5.74, 6) is 1.38. The van der Waals surface area contributed by atoms with Crippen molar-refractivity contribution in [2.24, 2.45) is 5.92 Å². The number of amides is 1. The van der Waals surface area contributed by atoms with Crippen LogP contribution >= 0.6 is 12.6 Å². The van der Waals surface area contributed by atoms with Crippen LogP contribution in [0.3, 0.4) is 0 Å². The summed E-state index contributed by atoms with van der Waals surface area (Å²) in [5.41, 5.74) is -0.393. The van der Waals surface area contributed by atoms with E-state index in [0.29, 0.717) is 5.92 Å². The molecule has 1 atom stereocenters. The molecule has 0 aromatic heterocycles. The number of likely N-dealkylation sites (tertiary alicyclic amines) is 1. The molecule has 1 saturated heterocycles. The maximum Gasteiger partial charge on any atom is 0.410 e. The quantitative estimate of drug-likeness (QED) is 0.682. The van der Waals surface area contributed by atoms with Crippen LogP contribution in [0.15, 0.2) is 0 Å². The van der Waals surface area contributed by atoms with Gasteiger partial charge in [0, 0.05) is 13.1 Å². The van der Waals surface area contributed by atoms with Crippen LogP contribution in [0.5, 0.6) is 0 Å². The highest BCUT2D eigenvalue weighted by atomic mass is 32.1. The summed E-state index contributed by atoms with van der Waals surface area (Å²) in [6, 6.07) is 0. The van der Waals surface area contributed by atoms with Crippen LogP contribution in [0.4, 0.5) is 4.79 Å². The summed E-state index contributed by atoms with van der Waals surface area (Å²) < 4.78 is 5.28. The van der Waals surface area contributed by atoms with Gasteiger partial charge in [-0.2, -0.15) is 12.6 Å². The largest absolute Gasteiger partial charge is 0.444 e. The predicted molar refractivity (Wildman–Crippen MR) is 59.8 cm³/mol. The smallest absolute Gasteiger partial charge is 0.410 e. The Hall–Kier alpha value is -0.380. The number of hydrogen-bond donors (Lipinski definition) is 1. The van der Waals surface area contributed by atoms with E-state index in [1.807, 2.05) is 20.8 Å². The Morgan fingerprint density at radius 1 is 1.57 bits per heavy atom. The van der Waals surface area contributed by atoms with Gasteiger partial charge in [0.25, 0.3) is 0 Å². The number of carbonyl (C=O) groups is 1. The average molecular weight is 217 g/mol. The first-order valence-corrected chi connectivity index (χ1v) is 5.64. The fourth-order valence-corrected chi connectivity index (χ4v) is 1.77. The Balaban J connectivity index is 2.40. The normalized spacial score (nSPS) is 22.6. The van der Waals surface area contributed by atoms with Gasteiger partial charge in [-0.05, 0) is 38.9 Å². The van der Waals surface area contributed by atoms with Crippen LogP contribution in [0.1, 0.15) is 27.2 Å². The van der Waals surface area contributed by atoms with Crippen molar-refractivity contribution in [1.29, 1.82) is 0 Å². The molecule has 1 heterocycles. The molecule has 1 aliphatic heterocycles. The van der Waals surface area contributed by atoms with E-state index in [1.165, 1.54) is 0 Å². The Morgan fingerprint density at radius 2 is 2.21 bits per heavy atom. The van der Waals surface area contributed by atoms with E-state index in [4.69, 9.17) is 4.74 Å². The van der Waals surface area contributed by atoms with E-state index in [9.17, 15) is 4.79 Å². The van der Waals surface area contributed by atoms with Crippen molar-refractivity contribution in [2.75, 3.05) is 18.8 Å². The summed E-state index contributed by atoms with van der Waals surface area (Å²) in [5, 5.41) is 0. The molecule has 0 unspecified atom stereocenters. The van der Waals surface area contributed by atoms with Crippen molar-refractivity contribution in [3.05, 3.63) is 0 Å². The minimum Gasteiger partial charge on any atom is -0.444 e. The zero-order chi connectivity index (χ0) is 10.8. The fraction of sp³-hybridized carbons (Fsp3) is 0.900. The van der Waals surface area contributed by atoms with E-state index in [-0.39, 0.29) is 6.09 Å². The maximum absolute atomic E-state index is 11.6. The standard InChI is InChI=1S/C10H19NO2S/c1-10(2,3)13-9(12)11-5-4-8(6-11)7-14/h8,14H,4-7H2,1-3H3/t8-/m1/s1. The highest BCUT2D eigenvalue weighted by Gasteiger charge is 2.28. The topological polar surface area (TPSA) is 29.5 Å². The third kappa shape index (κ3) is 3.40. The van der Waals surface area contributed by atoms with Crippen molar-refractivity contribution >= 4 is 18.7 Å².